The van der Waals surface area contributed by atoms with Gasteiger partial charge in [-0.3, -0.25) is 0 Å². The molecule has 0 saturated heterocycles. The normalized spacial score (nSPS) is 31.2. The van der Waals surface area contributed by atoms with Gasteiger partial charge < -0.3 is 10.1 Å². The zero-order chi connectivity index (χ0) is 27.2. The largest absolute Gasteiger partial charge is 0.444 e. The lowest BCUT2D eigenvalue weighted by molar-refractivity contribution is -0.112. The summed E-state index contributed by atoms with van der Waals surface area (Å²) in [5.74, 6) is 0. The highest BCUT2D eigenvalue weighted by atomic mass is 16.6. The Labute approximate surface area is 234 Å². The number of alkyl carbamates (subject to hydrolysis) is 1. The second-order valence-electron chi connectivity index (χ2n) is 14.0. The van der Waals surface area contributed by atoms with Crippen molar-refractivity contribution in [3.8, 4) is 0 Å². The minimum Gasteiger partial charge on any atom is -0.444 e. The third kappa shape index (κ3) is 4.90. The average molecular weight is 522 g/mol. The highest BCUT2D eigenvalue weighted by Crippen LogP contribution is 2.75. The molecule has 4 fully saturated rings. The summed E-state index contributed by atoms with van der Waals surface area (Å²) in [6.45, 7) is 6.40. The van der Waals surface area contributed by atoms with Gasteiger partial charge in [-0.05, 0) is 110 Å². The predicted octanol–water partition coefficient (Wildman–Crippen LogP) is 8.47. The van der Waals surface area contributed by atoms with E-state index in [1.165, 1.54) is 55.2 Å². The minimum atomic E-state index is -0.476. The molecule has 4 bridgehead atoms. The summed E-state index contributed by atoms with van der Waals surface area (Å²) in [6.07, 6.45) is 9.16. The van der Waals surface area contributed by atoms with E-state index in [0.717, 1.165) is 12.8 Å². The highest BCUT2D eigenvalue weighted by Gasteiger charge is 2.68. The fourth-order valence-electron chi connectivity index (χ4n) is 9.37. The van der Waals surface area contributed by atoms with Gasteiger partial charge >= 0.3 is 6.09 Å². The van der Waals surface area contributed by atoms with Gasteiger partial charge in [0, 0.05) is 6.54 Å². The number of carbonyl (C=O) groups is 1. The van der Waals surface area contributed by atoms with Crippen molar-refractivity contribution < 1.29 is 9.53 Å². The molecule has 4 aliphatic rings. The van der Waals surface area contributed by atoms with Gasteiger partial charge in [0.05, 0.1) is 0 Å². The van der Waals surface area contributed by atoms with E-state index in [-0.39, 0.29) is 27.8 Å². The van der Waals surface area contributed by atoms with Crippen LogP contribution < -0.4 is 5.32 Å². The van der Waals surface area contributed by atoms with Crippen LogP contribution in [0.4, 0.5) is 4.79 Å². The van der Waals surface area contributed by atoms with Crippen molar-refractivity contribution in [3.63, 3.8) is 0 Å². The Balaban J connectivity index is 1.39. The van der Waals surface area contributed by atoms with Crippen LogP contribution in [0.1, 0.15) is 88.8 Å². The van der Waals surface area contributed by atoms with E-state index in [4.69, 9.17) is 4.74 Å². The lowest BCUT2D eigenvalue weighted by atomic mass is 9.32. The van der Waals surface area contributed by atoms with Crippen LogP contribution in [0.25, 0.3) is 0 Å². The van der Waals surface area contributed by atoms with Gasteiger partial charge in [-0.2, -0.15) is 0 Å². The molecule has 0 aliphatic heterocycles. The second kappa shape index (κ2) is 9.54. The number of nitrogens with one attached hydrogen (secondary N) is 1. The van der Waals surface area contributed by atoms with Crippen molar-refractivity contribution in [2.75, 3.05) is 6.54 Å². The zero-order valence-electron chi connectivity index (χ0n) is 23.8. The summed E-state index contributed by atoms with van der Waals surface area (Å²) in [4.78, 5) is 12.4. The lowest BCUT2D eigenvalue weighted by Crippen LogP contribution is -2.65. The Hall–Kier alpha value is -3.07. The molecule has 204 valence electrons. The number of hydrogen-bond donors (Lipinski definition) is 1. The highest BCUT2D eigenvalue weighted by molar-refractivity contribution is 5.67. The second-order valence-corrected chi connectivity index (χ2v) is 14.0. The quantitative estimate of drug-likeness (QED) is 0.317. The molecule has 3 nitrogen and oxygen atoms in total. The van der Waals surface area contributed by atoms with Crippen LogP contribution in [-0.4, -0.2) is 18.2 Å². The summed E-state index contributed by atoms with van der Waals surface area (Å²) < 4.78 is 5.51. The number of hydrogen-bond acceptors (Lipinski definition) is 2. The molecule has 3 aromatic carbocycles. The molecule has 4 saturated carbocycles. The maximum atomic E-state index is 12.4. The van der Waals surface area contributed by atoms with Crippen molar-refractivity contribution in [1.29, 1.82) is 0 Å². The monoisotopic (exact) mass is 521 g/mol. The summed E-state index contributed by atoms with van der Waals surface area (Å²) in [5.41, 5.74) is 4.76. The lowest BCUT2D eigenvalue weighted by Gasteiger charge is -2.71. The smallest absolute Gasteiger partial charge is 0.407 e. The number of carbonyl (C=O) groups excluding carboxylic acids is 1. The van der Waals surface area contributed by atoms with Crippen molar-refractivity contribution in [2.24, 2.45) is 5.41 Å². The van der Waals surface area contributed by atoms with Gasteiger partial charge in [-0.25, -0.2) is 4.79 Å². The molecule has 3 aromatic rings. The molecule has 39 heavy (non-hydrogen) atoms. The van der Waals surface area contributed by atoms with E-state index >= 15 is 0 Å². The molecule has 0 aromatic heterocycles. The first-order chi connectivity index (χ1) is 18.7. The van der Waals surface area contributed by atoms with Gasteiger partial charge in [0.2, 0.25) is 0 Å². The van der Waals surface area contributed by atoms with Gasteiger partial charge in [-0.15, -0.1) is 0 Å². The molecule has 0 unspecified atom stereocenters. The van der Waals surface area contributed by atoms with Crippen LogP contribution in [0.15, 0.2) is 91.0 Å². The fourth-order valence-corrected chi connectivity index (χ4v) is 9.37. The molecule has 0 heterocycles. The standard InChI is InChI=1S/C36H43NO2/c1-32(2,3)39-31(38)37-21-13-20-33-22-34(28-14-7-4-8-15-28)25-35(23-33,29-16-9-5-10-17-29)27-36(24-33,26-34)30-18-11-6-12-19-30/h4-12,14-19H,13,20-27H2,1-3H3,(H,37,38). The third-order valence-electron chi connectivity index (χ3n) is 9.88. The Morgan fingerprint density at radius 1 is 0.667 bits per heavy atom. The summed E-state index contributed by atoms with van der Waals surface area (Å²) >= 11 is 0. The van der Waals surface area contributed by atoms with Crippen molar-refractivity contribution in [2.45, 2.75) is 94.0 Å². The number of amides is 1. The molecular weight excluding hydrogens is 478 g/mol. The summed E-state index contributed by atoms with van der Waals surface area (Å²) in [7, 11) is 0. The van der Waals surface area contributed by atoms with E-state index in [0.29, 0.717) is 6.54 Å². The maximum absolute atomic E-state index is 12.4. The molecule has 1 amide bonds. The predicted molar refractivity (Wildman–Crippen MR) is 158 cm³/mol. The third-order valence-corrected chi connectivity index (χ3v) is 9.88. The van der Waals surface area contributed by atoms with E-state index in [1.807, 2.05) is 20.8 Å². The Morgan fingerprint density at radius 2 is 1.05 bits per heavy atom. The van der Waals surface area contributed by atoms with Gasteiger partial charge in [0.25, 0.3) is 0 Å². The van der Waals surface area contributed by atoms with Crippen LogP contribution in [0.2, 0.25) is 0 Å². The van der Waals surface area contributed by atoms with Gasteiger partial charge in [0.15, 0.2) is 0 Å². The van der Waals surface area contributed by atoms with Gasteiger partial charge in [0.1, 0.15) is 5.60 Å². The van der Waals surface area contributed by atoms with Crippen molar-refractivity contribution >= 4 is 6.09 Å². The average Bonchev–Trinajstić information content (AvgIpc) is 2.91. The minimum absolute atomic E-state index is 0.153. The Morgan fingerprint density at radius 3 is 1.41 bits per heavy atom. The van der Waals surface area contributed by atoms with Crippen LogP contribution in [0.3, 0.4) is 0 Å². The van der Waals surface area contributed by atoms with E-state index in [2.05, 4.69) is 96.3 Å². The summed E-state index contributed by atoms with van der Waals surface area (Å²) in [5, 5.41) is 3.03. The molecule has 0 atom stereocenters. The first kappa shape index (κ1) is 26.2. The van der Waals surface area contributed by atoms with Crippen LogP contribution >= 0.6 is 0 Å². The topological polar surface area (TPSA) is 38.3 Å². The number of ether oxygens (including phenoxy) is 1. The van der Waals surface area contributed by atoms with E-state index < -0.39 is 5.60 Å². The molecule has 0 radical (unpaired) electrons. The van der Waals surface area contributed by atoms with Crippen LogP contribution in [-0.2, 0) is 21.0 Å². The first-order valence-electron chi connectivity index (χ1n) is 14.8. The molecule has 7 rings (SSSR count). The molecule has 0 spiro atoms. The van der Waals surface area contributed by atoms with Crippen LogP contribution in [0.5, 0.6) is 0 Å². The molecule has 3 heteroatoms. The fraction of sp³-hybridized carbons (Fsp3) is 0.472. The summed E-state index contributed by atoms with van der Waals surface area (Å²) in [6, 6.07) is 34.2. The molecule has 4 aliphatic carbocycles. The van der Waals surface area contributed by atoms with Gasteiger partial charge in [-0.1, -0.05) is 91.0 Å². The molecule has 1 N–H and O–H groups in total. The first-order valence-corrected chi connectivity index (χ1v) is 14.8. The van der Waals surface area contributed by atoms with Crippen molar-refractivity contribution in [1.82, 2.24) is 5.32 Å². The number of rotatable bonds is 7. The maximum Gasteiger partial charge on any atom is 0.407 e. The Bertz CT molecular complexity index is 1150. The Kier molecular flexibility index (Phi) is 6.40. The number of benzene rings is 3. The van der Waals surface area contributed by atoms with E-state index in [9.17, 15) is 4.79 Å². The van der Waals surface area contributed by atoms with Crippen molar-refractivity contribution in [3.05, 3.63) is 108 Å². The van der Waals surface area contributed by atoms with E-state index in [1.54, 1.807) is 0 Å². The molecular formula is C36H43NO2. The SMILES string of the molecule is CC(C)(C)OC(=O)NCCCC12CC3(c4ccccc4)CC(c4ccccc4)(C1)CC(c1ccccc1)(C2)C3. The zero-order valence-corrected chi connectivity index (χ0v) is 23.8. The van der Waals surface area contributed by atoms with Crippen LogP contribution in [0, 0.1) is 5.41 Å².